The maximum absolute atomic E-state index is 12.4. The SMILES string of the molecule is [2H]C1CC(C2CCC(CCC)CC2)CC([2H])([2H])C1c1ccc(OC(F)(F)F)cc1. The fourth-order valence-corrected chi connectivity index (χ4v) is 4.60. The summed E-state index contributed by atoms with van der Waals surface area (Å²) in [6.07, 6.45) is 1.38. The largest absolute Gasteiger partial charge is 0.573 e. The van der Waals surface area contributed by atoms with Crippen molar-refractivity contribution in [3.05, 3.63) is 29.8 Å². The van der Waals surface area contributed by atoms with Gasteiger partial charge in [-0.25, -0.2) is 0 Å². The Balaban J connectivity index is 1.66. The van der Waals surface area contributed by atoms with Crippen LogP contribution in [-0.4, -0.2) is 6.36 Å². The third kappa shape index (κ3) is 5.40. The first-order valence-electron chi connectivity index (χ1n) is 11.4. The van der Waals surface area contributed by atoms with E-state index in [4.69, 9.17) is 4.11 Å². The first-order chi connectivity index (χ1) is 13.6. The van der Waals surface area contributed by atoms with Gasteiger partial charge in [0.1, 0.15) is 5.75 Å². The molecule has 2 aliphatic rings. The summed E-state index contributed by atoms with van der Waals surface area (Å²) >= 11 is 0. The van der Waals surface area contributed by atoms with E-state index in [-0.39, 0.29) is 11.7 Å². The van der Waals surface area contributed by atoms with Gasteiger partial charge in [-0.15, -0.1) is 13.2 Å². The molecular weight excluding hydrogens is 337 g/mol. The minimum absolute atomic E-state index is 0.221. The number of alkyl halides is 3. The predicted molar refractivity (Wildman–Crippen MR) is 98.2 cm³/mol. The molecule has 3 unspecified atom stereocenters. The summed E-state index contributed by atoms with van der Waals surface area (Å²) in [4.78, 5) is 0. The van der Waals surface area contributed by atoms with Crippen molar-refractivity contribution in [3.63, 3.8) is 0 Å². The van der Waals surface area contributed by atoms with Crippen LogP contribution >= 0.6 is 0 Å². The molecule has 0 radical (unpaired) electrons. The molecular formula is C22H31F3O. The Morgan fingerprint density at radius 2 is 1.65 bits per heavy atom. The number of rotatable bonds is 5. The average molecular weight is 372 g/mol. The highest BCUT2D eigenvalue weighted by molar-refractivity contribution is 5.29. The Labute approximate surface area is 159 Å². The number of hydrogen-bond acceptors (Lipinski definition) is 1. The van der Waals surface area contributed by atoms with Crippen LogP contribution in [0.1, 0.15) is 86.7 Å². The lowest BCUT2D eigenvalue weighted by Gasteiger charge is -2.38. The van der Waals surface area contributed by atoms with Crippen molar-refractivity contribution in [2.45, 2.75) is 83.3 Å². The molecule has 0 bridgehead atoms. The van der Waals surface area contributed by atoms with Crippen LogP contribution in [0.25, 0.3) is 0 Å². The van der Waals surface area contributed by atoms with E-state index >= 15 is 0 Å². The van der Waals surface area contributed by atoms with Gasteiger partial charge in [-0.3, -0.25) is 0 Å². The number of hydrogen-bond donors (Lipinski definition) is 0. The van der Waals surface area contributed by atoms with Gasteiger partial charge in [0.25, 0.3) is 0 Å². The summed E-state index contributed by atoms with van der Waals surface area (Å²) in [5.74, 6) is 0.568. The molecule has 1 aromatic carbocycles. The van der Waals surface area contributed by atoms with Gasteiger partial charge in [-0.2, -0.15) is 0 Å². The number of halogens is 3. The lowest BCUT2D eigenvalue weighted by Crippen LogP contribution is -2.25. The zero-order valence-electron chi connectivity index (χ0n) is 18.4. The normalized spacial score (nSPS) is 36.6. The molecule has 4 heteroatoms. The van der Waals surface area contributed by atoms with E-state index in [0.29, 0.717) is 24.3 Å². The second-order valence-electron chi connectivity index (χ2n) is 7.80. The molecule has 1 aromatic rings. The van der Waals surface area contributed by atoms with Gasteiger partial charge >= 0.3 is 6.36 Å². The highest BCUT2D eigenvalue weighted by Crippen LogP contribution is 2.44. The molecule has 0 N–H and O–H groups in total. The number of benzene rings is 1. The van der Waals surface area contributed by atoms with Crippen LogP contribution in [0.2, 0.25) is 0 Å². The monoisotopic (exact) mass is 371 g/mol. The first kappa shape index (κ1) is 15.8. The quantitative estimate of drug-likeness (QED) is 0.522. The minimum atomic E-state index is -4.75. The lowest BCUT2D eigenvalue weighted by molar-refractivity contribution is -0.274. The van der Waals surface area contributed by atoms with E-state index in [9.17, 15) is 13.2 Å². The van der Waals surface area contributed by atoms with E-state index in [2.05, 4.69) is 11.7 Å². The van der Waals surface area contributed by atoms with Crippen LogP contribution in [0, 0.1) is 17.8 Å². The van der Waals surface area contributed by atoms with Crippen LogP contribution < -0.4 is 4.74 Å². The zero-order chi connectivity index (χ0) is 21.2. The van der Waals surface area contributed by atoms with E-state index in [0.717, 1.165) is 18.8 Å². The van der Waals surface area contributed by atoms with Gasteiger partial charge in [-0.05, 0) is 79.8 Å². The molecule has 1 nitrogen and oxygen atoms in total. The van der Waals surface area contributed by atoms with Crippen LogP contribution in [0.5, 0.6) is 5.75 Å². The zero-order valence-corrected chi connectivity index (χ0v) is 15.4. The van der Waals surface area contributed by atoms with Gasteiger partial charge in [-0.1, -0.05) is 44.7 Å². The van der Waals surface area contributed by atoms with Gasteiger partial charge in [0.2, 0.25) is 0 Å². The third-order valence-electron chi connectivity index (χ3n) is 6.00. The maximum Gasteiger partial charge on any atom is 0.573 e. The standard InChI is InChI=1S/C22H31F3O/c1-2-3-16-4-6-17(7-5-16)18-8-10-19(11-9-18)20-12-14-21(15-13-20)26-22(23,24)25/h12-19H,2-11H2,1H3/i10D,11D2. The Hall–Kier alpha value is -1.19. The molecule has 0 amide bonds. The smallest absolute Gasteiger partial charge is 0.406 e. The molecule has 2 aliphatic carbocycles. The van der Waals surface area contributed by atoms with E-state index in [1.807, 2.05) is 0 Å². The highest BCUT2D eigenvalue weighted by atomic mass is 19.4. The van der Waals surface area contributed by atoms with Crippen molar-refractivity contribution in [1.82, 2.24) is 0 Å². The molecule has 0 heterocycles. The predicted octanol–water partition coefficient (Wildman–Crippen LogP) is 7.47. The van der Waals surface area contributed by atoms with E-state index in [1.54, 1.807) is 0 Å². The Morgan fingerprint density at radius 3 is 2.23 bits per heavy atom. The van der Waals surface area contributed by atoms with Gasteiger partial charge < -0.3 is 4.74 Å². The van der Waals surface area contributed by atoms with Crippen LogP contribution in [0.4, 0.5) is 13.2 Å². The summed E-state index contributed by atoms with van der Waals surface area (Å²) in [5, 5.41) is 0. The summed E-state index contributed by atoms with van der Waals surface area (Å²) in [7, 11) is 0. The topological polar surface area (TPSA) is 9.23 Å². The van der Waals surface area contributed by atoms with Crippen LogP contribution in [0.3, 0.4) is 0 Å². The Bertz CT molecular complexity index is 654. The lowest BCUT2D eigenvalue weighted by atomic mass is 9.68. The summed E-state index contributed by atoms with van der Waals surface area (Å²) < 4.78 is 66.9. The van der Waals surface area contributed by atoms with Crippen molar-refractivity contribution in [2.24, 2.45) is 17.8 Å². The van der Waals surface area contributed by atoms with Crippen molar-refractivity contribution in [3.8, 4) is 5.75 Å². The fourth-order valence-electron chi connectivity index (χ4n) is 4.60. The van der Waals surface area contributed by atoms with Crippen molar-refractivity contribution >= 4 is 0 Å². The van der Waals surface area contributed by atoms with Gasteiger partial charge in [0.05, 0.1) is 0 Å². The molecule has 0 aliphatic heterocycles. The summed E-state index contributed by atoms with van der Waals surface area (Å²) in [6, 6.07) is 5.38. The van der Waals surface area contributed by atoms with E-state index in [1.165, 1.54) is 49.9 Å². The number of ether oxygens (including phenoxy) is 1. The molecule has 3 atom stereocenters. The molecule has 0 saturated heterocycles. The molecule has 3 rings (SSSR count). The van der Waals surface area contributed by atoms with Crippen molar-refractivity contribution in [1.29, 1.82) is 0 Å². The second kappa shape index (κ2) is 8.67. The maximum atomic E-state index is 12.4. The van der Waals surface area contributed by atoms with Gasteiger partial charge in [0.15, 0.2) is 0 Å². The van der Waals surface area contributed by atoms with Crippen LogP contribution in [0.15, 0.2) is 24.3 Å². The first-order valence-corrected chi connectivity index (χ1v) is 9.87. The Kier molecular flexibility index (Phi) is 5.28. The summed E-state index contributed by atoms with van der Waals surface area (Å²) in [6.45, 7) is 2.22. The molecule has 26 heavy (non-hydrogen) atoms. The average Bonchev–Trinajstić information content (AvgIpc) is 2.61. The summed E-state index contributed by atoms with van der Waals surface area (Å²) in [5.41, 5.74) is 0.578. The third-order valence-corrected chi connectivity index (χ3v) is 6.00. The fraction of sp³-hybridized carbons (Fsp3) is 0.727. The van der Waals surface area contributed by atoms with Crippen LogP contribution in [-0.2, 0) is 0 Å². The van der Waals surface area contributed by atoms with Gasteiger partial charge in [0, 0.05) is 4.11 Å². The van der Waals surface area contributed by atoms with Crippen molar-refractivity contribution in [2.75, 3.05) is 0 Å². The molecule has 2 saturated carbocycles. The Morgan fingerprint density at radius 1 is 1.00 bits per heavy atom. The van der Waals surface area contributed by atoms with Crippen molar-refractivity contribution < 1.29 is 22.0 Å². The highest BCUT2D eigenvalue weighted by Gasteiger charge is 2.32. The molecule has 0 spiro atoms. The minimum Gasteiger partial charge on any atom is -0.406 e. The second-order valence-corrected chi connectivity index (χ2v) is 7.80. The molecule has 146 valence electrons. The molecule has 2 fully saturated rings. The van der Waals surface area contributed by atoms with E-state index < -0.39 is 25.1 Å². The molecule has 0 aromatic heterocycles.